The van der Waals surface area contributed by atoms with Crippen molar-refractivity contribution in [2.45, 2.75) is 30.8 Å². The van der Waals surface area contributed by atoms with Crippen molar-refractivity contribution < 1.29 is 23.9 Å². The number of ether oxygens (including phenoxy) is 2. The molecule has 0 aromatic heterocycles. The van der Waals surface area contributed by atoms with Gasteiger partial charge in [-0.3, -0.25) is 14.4 Å². The van der Waals surface area contributed by atoms with Crippen molar-refractivity contribution in [3.8, 4) is 5.75 Å². The number of benzene rings is 2. The van der Waals surface area contributed by atoms with Crippen LogP contribution in [0.1, 0.15) is 30.1 Å². The number of Topliss-reactive ketones (excluding diaryl/α,β-unsaturated/α-hetero) is 1. The number of carbonyl (C=O) groups excluding carboxylic acids is 3. The maximum Gasteiger partial charge on any atom is 0.307 e. The van der Waals surface area contributed by atoms with E-state index in [-0.39, 0.29) is 18.6 Å². The minimum Gasteiger partial charge on any atom is -0.495 e. The van der Waals surface area contributed by atoms with E-state index in [1.54, 1.807) is 48.2 Å². The summed E-state index contributed by atoms with van der Waals surface area (Å²) in [5, 5.41) is 2.66. The van der Waals surface area contributed by atoms with Crippen LogP contribution in [0.4, 0.5) is 5.69 Å². The minimum absolute atomic E-state index is 0.0261. The molecule has 0 saturated heterocycles. The molecule has 1 N–H and O–H groups in total. The lowest BCUT2D eigenvalue weighted by molar-refractivity contribution is -0.153. The van der Waals surface area contributed by atoms with E-state index in [0.717, 1.165) is 4.90 Å². The van der Waals surface area contributed by atoms with Gasteiger partial charge < -0.3 is 14.8 Å². The van der Waals surface area contributed by atoms with Crippen LogP contribution in [0.2, 0.25) is 0 Å². The van der Waals surface area contributed by atoms with E-state index in [4.69, 9.17) is 9.47 Å². The van der Waals surface area contributed by atoms with Crippen LogP contribution in [0.25, 0.3) is 0 Å². The van der Waals surface area contributed by atoms with Gasteiger partial charge in [-0.15, -0.1) is 11.8 Å². The molecular formula is C21H23NO5S. The third-order valence-corrected chi connectivity index (χ3v) is 4.75. The van der Waals surface area contributed by atoms with Crippen molar-refractivity contribution in [3.63, 3.8) is 0 Å². The molecule has 0 radical (unpaired) electrons. The van der Waals surface area contributed by atoms with Gasteiger partial charge in [-0.05, 0) is 37.4 Å². The molecule has 2 aromatic rings. The Morgan fingerprint density at radius 1 is 1.04 bits per heavy atom. The summed E-state index contributed by atoms with van der Waals surface area (Å²) in [5.74, 6) is -0.711. The molecule has 148 valence electrons. The summed E-state index contributed by atoms with van der Waals surface area (Å²) in [6.45, 7) is 1.48. The zero-order chi connectivity index (χ0) is 20.5. The van der Waals surface area contributed by atoms with Crippen molar-refractivity contribution in [2.24, 2.45) is 0 Å². The van der Waals surface area contributed by atoms with Crippen LogP contribution < -0.4 is 10.1 Å². The fraction of sp³-hybridized carbons (Fsp3) is 0.286. The monoisotopic (exact) mass is 401 g/mol. The Morgan fingerprint density at radius 3 is 2.36 bits per heavy atom. The fourth-order valence-electron chi connectivity index (χ4n) is 2.43. The first kappa shape index (κ1) is 21.5. The standard InChI is InChI=1S/C21H23NO5S/c1-14(21(25)22-17-6-4-5-7-19(17)26-2)27-20(24)13-12-18(23)15-8-10-16(28-3)11-9-15/h4-11,14H,12-13H2,1-3H3,(H,22,25)/t14-/m1/s1. The lowest BCUT2D eigenvalue weighted by Gasteiger charge is -2.15. The van der Waals surface area contributed by atoms with Crippen molar-refractivity contribution in [3.05, 3.63) is 54.1 Å². The fourth-order valence-corrected chi connectivity index (χ4v) is 2.84. The van der Waals surface area contributed by atoms with Crippen LogP contribution in [0.3, 0.4) is 0 Å². The van der Waals surface area contributed by atoms with Gasteiger partial charge in [0, 0.05) is 16.9 Å². The highest BCUT2D eigenvalue weighted by atomic mass is 32.2. The van der Waals surface area contributed by atoms with E-state index in [9.17, 15) is 14.4 Å². The van der Waals surface area contributed by atoms with Gasteiger partial charge in [-0.25, -0.2) is 0 Å². The summed E-state index contributed by atoms with van der Waals surface area (Å²) >= 11 is 1.59. The highest BCUT2D eigenvalue weighted by Gasteiger charge is 2.20. The summed E-state index contributed by atoms with van der Waals surface area (Å²) in [6.07, 6.45) is 0.902. The Kier molecular flexibility index (Phi) is 8.07. The largest absolute Gasteiger partial charge is 0.495 e. The SMILES string of the molecule is COc1ccccc1NC(=O)[C@@H](C)OC(=O)CCC(=O)c1ccc(SC)cc1. The average molecular weight is 401 g/mol. The molecule has 0 bridgehead atoms. The number of rotatable bonds is 9. The molecule has 6 nitrogen and oxygen atoms in total. The van der Waals surface area contributed by atoms with Crippen molar-refractivity contribution in [2.75, 3.05) is 18.7 Å². The molecule has 1 amide bonds. The second-order valence-electron chi connectivity index (χ2n) is 5.97. The lowest BCUT2D eigenvalue weighted by atomic mass is 10.1. The van der Waals surface area contributed by atoms with Crippen molar-refractivity contribution in [1.82, 2.24) is 0 Å². The lowest BCUT2D eigenvalue weighted by Crippen LogP contribution is -2.30. The molecule has 2 aromatic carbocycles. The number of hydrogen-bond donors (Lipinski definition) is 1. The van der Waals surface area contributed by atoms with Gasteiger partial charge in [-0.1, -0.05) is 24.3 Å². The van der Waals surface area contributed by atoms with Crippen LogP contribution in [0, 0.1) is 0 Å². The predicted molar refractivity (Wildman–Crippen MR) is 109 cm³/mol. The molecule has 7 heteroatoms. The molecule has 0 heterocycles. The van der Waals surface area contributed by atoms with E-state index >= 15 is 0 Å². The summed E-state index contributed by atoms with van der Waals surface area (Å²) < 4.78 is 10.3. The predicted octanol–water partition coefficient (Wildman–Crippen LogP) is 3.95. The number of esters is 1. The quantitative estimate of drug-likeness (QED) is 0.389. The highest BCUT2D eigenvalue weighted by molar-refractivity contribution is 7.98. The number of amides is 1. The van der Waals surface area contributed by atoms with E-state index in [1.807, 2.05) is 18.4 Å². The second-order valence-corrected chi connectivity index (χ2v) is 6.85. The zero-order valence-electron chi connectivity index (χ0n) is 16.1. The third kappa shape index (κ3) is 6.13. The van der Waals surface area contributed by atoms with Crippen LogP contribution in [0.15, 0.2) is 53.4 Å². The number of ketones is 1. The first-order valence-corrected chi connectivity index (χ1v) is 9.97. The van der Waals surface area contributed by atoms with Crippen LogP contribution in [0.5, 0.6) is 5.75 Å². The van der Waals surface area contributed by atoms with Crippen LogP contribution in [-0.4, -0.2) is 37.1 Å². The first-order chi connectivity index (χ1) is 13.4. The van der Waals surface area contributed by atoms with E-state index in [2.05, 4.69) is 5.32 Å². The van der Waals surface area contributed by atoms with Gasteiger partial charge in [0.25, 0.3) is 5.91 Å². The minimum atomic E-state index is -0.992. The summed E-state index contributed by atoms with van der Waals surface area (Å²) in [5.41, 5.74) is 1.04. The van der Waals surface area contributed by atoms with E-state index in [0.29, 0.717) is 17.0 Å². The van der Waals surface area contributed by atoms with Gasteiger partial charge in [0.15, 0.2) is 11.9 Å². The summed E-state index contributed by atoms with van der Waals surface area (Å²) in [7, 11) is 1.50. The first-order valence-electron chi connectivity index (χ1n) is 8.75. The molecule has 1 atom stereocenters. The number of anilines is 1. The molecule has 2 rings (SSSR count). The molecule has 0 aliphatic heterocycles. The van der Waals surface area contributed by atoms with Gasteiger partial charge in [-0.2, -0.15) is 0 Å². The molecule has 28 heavy (non-hydrogen) atoms. The Labute approximate surface area is 168 Å². The highest BCUT2D eigenvalue weighted by Crippen LogP contribution is 2.23. The number of nitrogens with one attached hydrogen (secondary N) is 1. The Balaban J connectivity index is 1.82. The summed E-state index contributed by atoms with van der Waals surface area (Å²) in [6, 6.07) is 14.1. The topological polar surface area (TPSA) is 81.7 Å². The number of methoxy groups -OCH3 is 1. The molecule has 0 saturated carbocycles. The van der Waals surface area contributed by atoms with Crippen molar-refractivity contribution in [1.29, 1.82) is 0 Å². The number of hydrogen-bond acceptors (Lipinski definition) is 6. The number of thioether (sulfide) groups is 1. The molecule has 0 fully saturated rings. The van der Waals surface area contributed by atoms with Gasteiger partial charge in [0.1, 0.15) is 5.75 Å². The maximum atomic E-state index is 12.2. The van der Waals surface area contributed by atoms with E-state index in [1.165, 1.54) is 14.0 Å². The molecule has 0 spiro atoms. The maximum absolute atomic E-state index is 12.2. The Morgan fingerprint density at radius 2 is 1.71 bits per heavy atom. The molecule has 0 aliphatic rings. The average Bonchev–Trinajstić information content (AvgIpc) is 2.72. The second kappa shape index (κ2) is 10.5. The third-order valence-electron chi connectivity index (χ3n) is 4.01. The molecule has 0 unspecified atom stereocenters. The van der Waals surface area contributed by atoms with Gasteiger partial charge in [0.05, 0.1) is 19.2 Å². The zero-order valence-corrected chi connectivity index (χ0v) is 16.9. The van der Waals surface area contributed by atoms with Crippen molar-refractivity contribution >= 4 is 35.1 Å². The van der Waals surface area contributed by atoms with Crippen LogP contribution >= 0.6 is 11.8 Å². The van der Waals surface area contributed by atoms with E-state index < -0.39 is 18.0 Å². The summed E-state index contributed by atoms with van der Waals surface area (Å²) in [4.78, 5) is 37.4. The number of para-hydroxylation sites is 2. The Bertz CT molecular complexity index is 835. The number of carbonyl (C=O) groups is 3. The molecule has 0 aliphatic carbocycles. The Hall–Kier alpha value is -2.80. The van der Waals surface area contributed by atoms with Crippen LogP contribution in [-0.2, 0) is 14.3 Å². The smallest absolute Gasteiger partial charge is 0.307 e. The normalized spacial score (nSPS) is 11.4. The molecular weight excluding hydrogens is 378 g/mol. The van der Waals surface area contributed by atoms with Gasteiger partial charge in [0.2, 0.25) is 0 Å². The van der Waals surface area contributed by atoms with Gasteiger partial charge >= 0.3 is 5.97 Å².